The smallest absolute Gasteiger partial charge is 0.131 e. The van der Waals surface area contributed by atoms with Crippen LogP contribution in [0.1, 0.15) is 77.6 Å². The number of hydrogen-bond donors (Lipinski definition) is 1. The van der Waals surface area contributed by atoms with E-state index in [1.54, 1.807) is 6.26 Å². The Bertz CT molecular complexity index is 163. The van der Waals surface area contributed by atoms with Crippen molar-refractivity contribution in [2.24, 2.45) is 0 Å². The molecule has 0 amide bonds. The third-order valence-electron chi connectivity index (χ3n) is 3.32. The van der Waals surface area contributed by atoms with Gasteiger partial charge in [0.1, 0.15) is 5.75 Å². The highest BCUT2D eigenvalue weighted by Gasteiger charge is 2.09. The van der Waals surface area contributed by atoms with Crippen LogP contribution in [0.15, 0.2) is 0 Å². The number of rotatable bonds is 13. The molecule has 0 radical (unpaired) electrons. The molecule has 0 fully saturated rings. The van der Waals surface area contributed by atoms with Gasteiger partial charge in [-0.25, -0.2) is 0 Å². The second-order valence-electron chi connectivity index (χ2n) is 5.36. The first-order valence-corrected chi connectivity index (χ1v) is 9.37. The highest BCUT2D eigenvalue weighted by molar-refractivity contribution is 7.90. The van der Waals surface area contributed by atoms with Crippen molar-refractivity contribution in [1.82, 2.24) is 0 Å². The Hall–Kier alpha value is 0.270. The van der Waals surface area contributed by atoms with Gasteiger partial charge in [-0.15, -0.1) is 0 Å². The van der Waals surface area contributed by atoms with Crippen molar-refractivity contribution in [1.29, 1.82) is 0 Å². The fourth-order valence-corrected chi connectivity index (χ4v) is 2.93. The molecule has 2 nitrogen and oxygen atoms in total. The minimum absolute atomic E-state index is 0.357. The molecule has 0 bridgehead atoms. The van der Waals surface area contributed by atoms with Crippen molar-refractivity contribution >= 4 is 11.2 Å². The van der Waals surface area contributed by atoms with Gasteiger partial charge in [0.25, 0.3) is 0 Å². The minimum atomic E-state index is -0.860. The lowest BCUT2D eigenvalue weighted by Gasteiger charge is -2.11. The standard InChI is InChI=1S/C15H32O2S/c1-3-4-5-6-7-8-9-10-11-12-13-15(16)14-18(2)17/h15-16H,3-14H2,1-2H3. The second kappa shape index (κ2) is 13.7. The van der Waals surface area contributed by atoms with E-state index in [9.17, 15) is 9.66 Å². The molecule has 1 N–H and O–H groups in total. The summed E-state index contributed by atoms with van der Waals surface area (Å²) in [6.07, 6.45) is 15.3. The van der Waals surface area contributed by atoms with Gasteiger partial charge in [-0.2, -0.15) is 0 Å². The zero-order chi connectivity index (χ0) is 13.6. The van der Waals surface area contributed by atoms with Crippen LogP contribution in [0, 0.1) is 0 Å². The van der Waals surface area contributed by atoms with Crippen molar-refractivity contribution in [2.75, 3.05) is 12.0 Å². The summed E-state index contributed by atoms with van der Waals surface area (Å²) in [7, 11) is 0. The number of hydrogen-bond acceptors (Lipinski definition) is 2. The van der Waals surface area contributed by atoms with E-state index in [1.807, 2.05) is 0 Å². The Morgan fingerprint density at radius 3 is 1.78 bits per heavy atom. The second-order valence-corrected chi connectivity index (χ2v) is 6.84. The van der Waals surface area contributed by atoms with Gasteiger partial charge in [-0.3, -0.25) is 0 Å². The quantitative estimate of drug-likeness (QED) is 0.407. The maximum absolute atomic E-state index is 10.9. The molecule has 0 saturated carbocycles. The summed E-state index contributed by atoms with van der Waals surface area (Å²) in [5, 5.41) is 9.55. The molecule has 0 aliphatic heterocycles. The van der Waals surface area contributed by atoms with Crippen molar-refractivity contribution < 1.29 is 9.66 Å². The van der Waals surface area contributed by atoms with E-state index < -0.39 is 11.2 Å². The summed E-state index contributed by atoms with van der Waals surface area (Å²) >= 11 is -0.860. The van der Waals surface area contributed by atoms with E-state index in [1.165, 1.54) is 57.8 Å². The van der Waals surface area contributed by atoms with Gasteiger partial charge >= 0.3 is 0 Å². The minimum Gasteiger partial charge on any atom is -0.616 e. The topological polar surface area (TPSA) is 43.3 Å². The van der Waals surface area contributed by atoms with Crippen LogP contribution in [0.4, 0.5) is 0 Å². The zero-order valence-electron chi connectivity index (χ0n) is 12.3. The maximum atomic E-state index is 10.9. The monoisotopic (exact) mass is 276 g/mol. The maximum Gasteiger partial charge on any atom is 0.131 e. The van der Waals surface area contributed by atoms with Gasteiger partial charge in [0.15, 0.2) is 0 Å². The molecule has 0 heterocycles. The van der Waals surface area contributed by atoms with Crippen LogP contribution < -0.4 is 0 Å². The molecule has 0 rings (SSSR count). The average molecular weight is 276 g/mol. The Morgan fingerprint density at radius 1 is 0.889 bits per heavy atom. The highest BCUT2D eigenvalue weighted by atomic mass is 32.2. The molecule has 0 aromatic rings. The Morgan fingerprint density at radius 2 is 1.33 bits per heavy atom. The summed E-state index contributed by atoms with van der Waals surface area (Å²) in [4.78, 5) is 0. The van der Waals surface area contributed by atoms with Crippen molar-refractivity contribution in [3.63, 3.8) is 0 Å². The van der Waals surface area contributed by atoms with E-state index in [4.69, 9.17) is 0 Å². The van der Waals surface area contributed by atoms with E-state index in [-0.39, 0.29) is 6.10 Å². The lowest BCUT2D eigenvalue weighted by atomic mass is 10.1. The first kappa shape index (κ1) is 18.3. The van der Waals surface area contributed by atoms with Gasteiger partial charge in [-0.05, 0) is 6.42 Å². The lowest BCUT2D eigenvalue weighted by Crippen LogP contribution is -2.19. The van der Waals surface area contributed by atoms with Crippen molar-refractivity contribution in [3.05, 3.63) is 0 Å². The van der Waals surface area contributed by atoms with Crippen LogP contribution in [-0.2, 0) is 11.2 Å². The van der Waals surface area contributed by atoms with Crippen LogP contribution in [-0.4, -0.2) is 27.8 Å². The van der Waals surface area contributed by atoms with Crippen LogP contribution >= 0.6 is 0 Å². The van der Waals surface area contributed by atoms with E-state index in [2.05, 4.69) is 6.92 Å². The average Bonchev–Trinajstić information content (AvgIpc) is 2.30. The van der Waals surface area contributed by atoms with Crippen LogP contribution in [0.2, 0.25) is 0 Å². The molecule has 0 spiro atoms. The fraction of sp³-hybridized carbons (Fsp3) is 1.00. The van der Waals surface area contributed by atoms with Gasteiger partial charge in [0.05, 0.1) is 12.4 Å². The van der Waals surface area contributed by atoms with Crippen molar-refractivity contribution in [2.45, 2.75) is 83.7 Å². The third-order valence-corrected chi connectivity index (χ3v) is 4.17. The third kappa shape index (κ3) is 14.3. The predicted octanol–water partition coefficient (Wildman–Crippen LogP) is 4.04. The van der Waals surface area contributed by atoms with Crippen LogP contribution in [0.5, 0.6) is 0 Å². The molecule has 2 unspecified atom stereocenters. The molecule has 18 heavy (non-hydrogen) atoms. The first-order chi connectivity index (χ1) is 8.66. The molecule has 2 atom stereocenters. The van der Waals surface area contributed by atoms with Crippen LogP contribution in [0.25, 0.3) is 0 Å². The summed E-state index contributed by atoms with van der Waals surface area (Å²) in [6.45, 7) is 2.25. The van der Waals surface area contributed by atoms with E-state index in [0.29, 0.717) is 5.75 Å². The number of unbranched alkanes of at least 4 members (excludes halogenated alkanes) is 9. The molecule has 110 valence electrons. The van der Waals surface area contributed by atoms with Gasteiger partial charge in [0.2, 0.25) is 0 Å². The highest BCUT2D eigenvalue weighted by Crippen LogP contribution is 2.12. The Labute approximate surface area is 117 Å². The molecule has 0 aliphatic carbocycles. The fourth-order valence-electron chi connectivity index (χ4n) is 2.22. The van der Waals surface area contributed by atoms with Crippen LogP contribution in [0.3, 0.4) is 0 Å². The molecule has 0 aromatic heterocycles. The largest absolute Gasteiger partial charge is 0.616 e. The summed E-state index contributed by atoms with van der Waals surface area (Å²) in [6, 6.07) is 0. The number of aliphatic hydroxyl groups excluding tert-OH is 1. The Balaban J connectivity index is 3.07. The molecule has 0 aliphatic rings. The normalized spacial score (nSPS) is 14.7. The summed E-state index contributed by atoms with van der Waals surface area (Å²) < 4.78 is 10.9. The van der Waals surface area contributed by atoms with E-state index >= 15 is 0 Å². The summed E-state index contributed by atoms with van der Waals surface area (Å²) in [5.41, 5.74) is 0. The predicted molar refractivity (Wildman–Crippen MR) is 81.4 cm³/mol. The molecular formula is C15H32O2S. The Kier molecular flexibility index (Phi) is 13.9. The molecule has 0 aromatic carbocycles. The molecule has 3 heteroatoms. The van der Waals surface area contributed by atoms with Crippen molar-refractivity contribution in [3.8, 4) is 0 Å². The first-order valence-electron chi connectivity index (χ1n) is 7.65. The van der Waals surface area contributed by atoms with Gasteiger partial charge in [0, 0.05) is 0 Å². The molecule has 0 saturated heterocycles. The van der Waals surface area contributed by atoms with E-state index in [0.717, 1.165) is 12.8 Å². The van der Waals surface area contributed by atoms with Gasteiger partial charge < -0.3 is 9.66 Å². The zero-order valence-corrected chi connectivity index (χ0v) is 13.1. The summed E-state index contributed by atoms with van der Waals surface area (Å²) in [5.74, 6) is 0.442. The number of aliphatic hydroxyl groups is 1. The lowest BCUT2D eigenvalue weighted by molar-refractivity contribution is 0.182. The molecular weight excluding hydrogens is 244 g/mol. The SMILES string of the molecule is CCCCCCCCCCCCC(O)C[S+](C)[O-]. The van der Waals surface area contributed by atoms with Gasteiger partial charge in [-0.1, -0.05) is 82.3 Å².